The molecule has 4 rings (SSSR count). The summed E-state index contributed by atoms with van der Waals surface area (Å²) in [6.45, 7) is 5.65. The molecule has 0 radical (unpaired) electrons. The number of piperidine rings is 1. The third-order valence-electron chi connectivity index (χ3n) is 6.69. The Balaban J connectivity index is 1.60. The highest BCUT2D eigenvalue weighted by Crippen LogP contribution is 2.43. The number of hydrogen-bond acceptors (Lipinski definition) is 6. The zero-order chi connectivity index (χ0) is 25.0. The first-order valence-electron chi connectivity index (χ1n) is 12.0. The lowest BCUT2D eigenvalue weighted by Gasteiger charge is -2.43. The van der Waals surface area contributed by atoms with Crippen LogP contribution in [0.1, 0.15) is 31.7 Å². The van der Waals surface area contributed by atoms with E-state index in [0.29, 0.717) is 23.9 Å². The van der Waals surface area contributed by atoms with Crippen LogP contribution in [0.2, 0.25) is 0 Å². The topological polar surface area (TPSA) is 103 Å². The van der Waals surface area contributed by atoms with Crippen molar-refractivity contribution in [2.45, 2.75) is 31.9 Å². The van der Waals surface area contributed by atoms with Gasteiger partial charge in [0.1, 0.15) is 11.5 Å². The van der Waals surface area contributed by atoms with E-state index in [4.69, 9.17) is 9.47 Å². The van der Waals surface area contributed by atoms with Gasteiger partial charge < -0.3 is 30.1 Å². The Bertz CT molecular complexity index is 1080. The minimum atomic E-state index is -2.28. The van der Waals surface area contributed by atoms with Crippen molar-refractivity contribution in [2.24, 2.45) is 5.92 Å². The van der Waals surface area contributed by atoms with Crippen molar-refractivity contribution in [3.63, 3.8) is 0 Å². The quantitative estimate of drug-likeness (QED) is 0.500. The number of nitrogens with zero attached hydrogens (tertiary/aromatic N) is 2. The van der Waals surface area contributed by atoms with Gasteiger partial charge in [0.05, 0.1) is 25.6 Å². The number of methoxy groups -OCH3 is 2. The number of likely N-dealkylation sites (tertiary alicyclic amines) is 1. The molecule has 0 saturated carbocycles. The third-order valence-corrected chi connectivity index (χ3v) is 6.69. The molecule has 35 heavy (non-hydrogen) atoms. The van der Waals surface area contributed by atoms with E-state index >= 15 is 0 Å². The number of aliphatic hydroxyl groups is 1. The number of carbonyl (C=O) groups is 2. The Kier molecular flexibility index (Phi) is 7.47. The molecule has 3 N–H and O–H groups in total. The molecule has 2 heterocycles. The molecule has 0 bridgehead atoms. The molecule has 2 atom stereocenters. The number of fused-ring (bicyclic) bond motifs is 1. The normalized spacial score (nSPS) is 22.2. The van der Waals surface area contributed by atoms with E-state index in [1.807, 2.05) is 0 Å². The summed E-state index contributed by atoms with van der Waals surface area (Å²) < 4.78 is 10.7. The van der Waals surface area contributed by atoms with Crippen LogP contribution in [-0.4, -0.2) is 62.3 Å². The highest BCUT2D eigenvalue weighted by molar-refractivity contribution is 6.12. The minimum absolute atomic E-state index is 0.236. The summed E-state index contributed by atoms with van der Waals surface area (Å²) in [4.78, 5) is 30.3. The number of para-hydroxylation sites is 1. The highest BCUT2D eigenvalue weighted by atomic mass is 16.5. The summed E-state index contributed by atoms with van der Waals surface area (Å²) in [5.41, 5.74) is -1.39. The smallest absolute Gasteiger partial charge is 0.329 e. The number of carbonyl (C=O) groups excluding carboxylic acids is 2. The van der Waals surface area contributed by atoms with Gasteiger partial charge in [-0.15, -0.1) is 0 Å². The first kappa shape index (κ1) is 24.8. The van der Waals surface area contributed by atoms with Crippen molar-refractivity contribution < 1.29 is 24.2 Å². The van der Waals surface area contributed by atoms with E-state index in [9.17, 15) is 14.7 Å². The van der Waals surface area contributed by atoms with Crippen molar-refractivity contribution in [1.82, 2.24) is 10.2 Å². The fraction of sp³-hybridized carbons (Fsp3) is 0.462. The van der Waals surface area contributed by atoms with Crippen LogP contribution in [0.3, 0.4) is 0 Å². The van der Waals surface area contributed by atoms with Crippen molar-refractivity contribution in [1.29, 1.82) is 0 Å². The van der Waals surface area contributed by atoms with Gasteiger partial charge >= 0.3 is 6.03 Å². The monoisotopic (exact) mass is 482 g/mol. The summed E-state index contributed by atoms with van der Waals surface area (Å²) in [6, 6.07) is 10.9. The average Bonchev–Trinajstić information content (AvgIpc) is 2.86. The third kappa shape index (κ3) is 4.92. The zero-order valence-electron chi connectivity index (χ0n) is 20.5. The van der Waals surface area contributed by atoms with E-state index in [1.54, 1.807) is 42.5 Å². The molecular formula is C26H34N4O5. The van der Waals surface area contributed by atoms with Crippen LogP contribution in [0.5, 0.6) is 11.5 Å². The summed E-state index contributed by atoms with van der Waals surface area (Å²) in [7, 11) is 2.97. The lowest BCUT2D eigenvalue weighted by Crippen LogP contribution is -2.62. The van der Waals surface area contributed by atoms with Crippen LogP contribution < -0.4 is 25.0 Å². The standard InChI is InChI=1S/C26H34N4O5/c1-18-8-6-14-29(17-18)15-7-13-27-24(31)26(33)20-9-4-5-10-21(20)28-25(32)30(26)22-12-11-19(34-2)16-23(22)35-3/h4-5,9-12,16,18,33H,6-8,13-15,17H2,1-3H3,(H,27,31)(H,28,32). The second kappa shape index (κ2) is 10.5. The van der Waals surface area contributed by atoms with E-state index in [1.165, 1.54) is 27.1 Å². The molecule has 2 aliphatic rings. The van der Waals surface area contributed by atoms with E-state index in [-0.39, 0.29) is 17.0 Å². The first-order chi connectivity index (χ1) is 16.9. The number of ether oxygens (including phenoxy) is 2. The van der Waals surface area contributed by atoms with Crippen molar-refractivity contribution >= 4 is 23.3 Å². The largest absolute Gasteiger partial charge is 0.497 e. The van der Waals surface area contributed by atoms with Gasteiger partial charge in [0.2, 0.25) is 0 Å². The second-order valence-corrected chi connectivity index (χ2v) is 9.18. The number of rotatable bonds is 8. The van der Waals surface area contributed by atoms with Crippen LogP contribution in [0.25, 0.3) is 0 Å². The Labute approximate surface area is 206 Å². The van der Waals surface area contributed by atoms with Gasteiger partial charge in [-0.05, 0) is 56.5 Å². The summed E-state index contributed by atoms with van der Waals surface area (Å²) >= 11 is 0. The van der Waals surface area contributed by atoms with E-state index < -0.39 is 17.7 Å². The highest BCUT2D eigenvalue weighted by Gasteiger charge is 2.52. The molecule has 9 nitrogen and oxygen atoms in total. The fourth-order valence-corrected chi connectivity index (χ4v) is 4.93. The molecule has 3 amide bonds. The zero-order valence-corrected chi connectivity index (χ0v) is 20.5. The van der Waals surface area contributed by atoms with Gasteiger partial charge in [-0.3, -0.25) is 4.79 Å². The Morgan fingerprint density at radius 1 is 1.23 bits per heavy atom. The Morgan fingerprint density at radius 3 is 2.77 bits per heavy atom. The van der Waals surface area contributed by atoms with Gasteiger partial charge in [-0.1, -0.05) is 25.1 Å². The maximum absolute atomic E-state index is 13.6. The average molecular weight is 483 g/mol. The molecule has 9 heteroatoms. The SMILES string of the molecule is COc1ccc(N2C(=O)Nc3ccccc3C2(O)C(=O)NCCCN2CCCC(C)C2)c(OC)c1. The van der Waals surface area contributed by atoms with Crippen LogP contribution in [-0.2, 0) is 10.5 Å². The van der Waals surface area contributed by atoms with Crippen LogP contribution in [0.4, 0.5) is 16.2 Å². The molecule has 1 saturated heterocycles. The molecule has 2 aromatic carbocycles. The number of amides is 3. The maximum atomic E-state index is 13.6. The fourth-order valence-electron chi connectivity index (χ4n) is 4.93. The lowest BCUT2D eigenvalue weighted by molar-refractivity contribution is -0.140. The van der Waals surface area contributed by atoms with E-state index in [0.717, 1.165) is 31.0 Å². The van der Waals surface area contributed by atoms with E-state index in [2.05, 4.69) is 22.5 Å². The van der Waals surface area contributed by atoms with Gasteiger partial charge in [-0.25, -0.2) is 9.69 Å². The van der Waals surface area contributed by atoms with Crippen molar-refractivity contribution in [3.05, 3.63) is 48.0 Å². The summed E-state index contributed by atoms with van der Waals surface area (Å²) in [5.74, 6) is 0.807. The first-order valence-corrected chi connectivity index (χ1v) is 12.0. The predicted molar refractivity (Wildman–Crippen MR) is 134 cm³/mol. The van der Waals surface area contributed by atoms with Gasteiger partial charge in [0.25, 0.3) is 11.6 Å². The number of urea groups is 1. The molecule has 188 valence electrons. The number of hydrogen-bond donors (Lipinski definition) is 3. The molecule has 0 aromatic heterocycles. The van der Waals surface area contributed by atoms with Crippen LogP contribution >= 0.6 is 0 Å². The number of nitrogens with one attached hydrogen (secondary N) is 2. The maximum Gasteiger partial charge on any atom is 0.329 e. The molecule has 1 fully saturated rings. The number of benzene rings is 2. The molecule has 0 aliphatic carbocycles. The van der Waals surface area contributed by atoms with Crippen LogP contribution in [0.15, 0.2) is 42.5 Å². The molecule has 2 unspecified atom stereocenters. The predicted octanol–water partition coefficient (Wildman–Crippen LogP) is 3.14. The van der Waals surface area contributed by atoms with Gasteiger partial charge in [-0.2, -0.15) is 0 Å². The van der Waals surface area contributed by atoms with Gasteiger partial charge in [0.15, 0.2) is 0 Å². The van der Waals surface area contributed by atoms with Crippen molar-refractivity contribution in [2.75, 3.05) is 50.6 Å². The Morgan fingerprint density at radius 2 is 2.03 bits per heavy atom. The molecular weight excluding hydrogens is 448 g/mol. The van der Waals surface area contributed by atoms with Crippen molar-refractivity contribution in [3.8, 4) is 11.5 Å². The molecule has 2 aromatic rings. The molecule has 2 aliphatic heterocycles. The summed E-state index contributed by atoms with van der Waals surface area (Å²) in [5, 5.41) is 17.6. The lowest BCUT2D eigenvalue weighted by atomic mass is 9.94. The number of anilines is 2. The summed E-state index contributed by atoms with van der Waals surface area (Å²) in [6.07, 6.45) is 3.19. The van der Waals surface area contributed by atoms with Gasteiger partial charge in [0, 0.05) is 24.7 Å². The Hall–Kier alpha value is -3.30. The molecule has 0 spiro atoms. The van der Waals surface area contributed by atoms with Crippen LogP contribution in [0, 0.1) is 5.92 Å². The second-order valence-electron chi connectivity index (χ2n) is 9.18. The minimum Gasteiger partial charge on any atom is -0.497 e.